The van der Waals surface area contributed by atoms with Crippen LogP contribution in [0.4, 0.5) is 0 Å². The highest BCUT2D eigenvalue weighted by atomic mass is 35.5. The molecule has 0 aliphatic heterocycles. The molecule has 0 aliphatic rings. The summed E-state index contributed by atoms with van der Waals surface area (Å²) in [6, 6.07) is 0. The molecule has 9 heavy (non-hydrogen) atoms. The van der Waals surface area contributed by atoms with Gasteiger partial charge in [-0.05, 0) is 0 Å². The number of halogens is 1. The Hall–Kier alpha value is -0.320. The highest BCUT2D eigenvalue weighted by molar-refractivity contribution is 5.85. The van der Waals surface area contributed by atoms with Crippen LogP contribution in [-0.4, -0.2) is 28.8 Å². The number of aliphatic hydroxyl groups excluding tert-OH is 1. The molecule has 5 heteroatoms. The van der Waals surface area contributed by atoms with Crippen molar-refractivity contribution in [3.8, 4) is 0 Å². The van der Waals surface area contributed by atoms with Gasteiger partial charge in [0.15, 0.2) is 0 Å². The van der Waals surface area contributed by atoms with Gasteiger partial charge in [0.05, 0.1) is 12.5 Å². The minimum Gasteiger partial charge on any atom is -0.481 e. The molecule has 0 fully saturated rings. The highest BCUT2D eigenvalue weighted by Gasteiger charge is 2.04. The first-order valence-electron chi connectivity index (χ1n) is 2.26. The summed E-state index contributed by atoms with van der Waals surface area (Å²) in [7, 11) is 0. The van der Waals surface area contributed by atoms with Gasteiger partial charge in [0.1, 0.15) is 0 Å². The molecule has 0 heterocycles. The van der Waals surface area contributed by atoms with E-state index in [1.807, 2.05) is 0 Å². The number of nitrogens with two attached hydrogens (primary N) is 1. The van der Waals surface area contributed by atoms with Crippen LogP contribution in [0.5, 0.6) is 0 Å². The summed E-state index contributed by atoms with van der Waals surface area (Å²) in [4.78, 5) is 9.75. The monoisotopic (exact) mass is 155 g/mol. The standard InChI is InChI=1S/C4H9NO3.ClH/c5-2-3(6)1-4(7)8;/h3,6H,1-2,5H2,(H,7,8);1H. The summed E-state index contributed by atoms with van der Waals surface area (Å²) in [6.07, 6.45) is -1.16. The van der Waals surface area contributed by atoms with Crippen LogP contribution in [0.2, 0.25) is 0 Å². The molecule has 1 atom stereocenters. The second-order valence-corrected chi connectivity index (χ2v) is 1.49. The number of carboxylic acids is 1. The van der Waals surface area contributed by atoms with E-state index >= 15 is 0 Å². The van der Waals surface area contributed by atoms with E-state index in [9.17, 15) is 4.79 Å². The van der Waals surface area contributed by atoms with Gasteiger partial charge >= 0.3 is 5.97 Å². The lowest BCUT2D eigenvalue weighted by Crippen LogP contribution is -2.22. The van der Waals surface area contributed by atoms with Gasteiger partial charge < -0.3 is 15.9 Å². The number of aliphatic hydroxyl groups is 1. The first kappa shape index (κ1) is 11.5. The van der Waals surface area contributed by atoms with E-state index in [4.69, 9.17) is 15.9 Å². The summed E-state index contributed by atoms with van der Waals surface area (Å²) in [6.45, 7) is 0.00625. The average molecular weight is 156 g/mol. The average Bonchev–Trinajstić information content (AvgIpc) is 1.65. The van der Waals surface area contributed by atoms with Crippen molar-refractivity contribution in [3.05, 3.63) is 0 Å². The van der Waals surface area contributed by atoms with Crippen LogP contribution in [-0.2, 0) is 4.79 Å². The summed E-state index contributed by atoms with van der Waals surface area (Å²) in [5.74, 6) is -1.03. The Labute approximate surface area is 59.1 Å². The van der Waals surface area contributed by atoms with Gasteiger partial charge in [-0.25, -0.2) is 0 Å². The van der Waals surface area contributed by atoms with Gasteiger partial charge in [-0.3, -0.25) is 4.79 Å². The maximum atomic E-state index is 9.75. The van der Waals surface area contributed by atoms with Crippen LogP contribution >= 0.6 is 12.4 Å². The number of hydrogen-bond acceptors (Lipinski definition) is 3. The molecule has 1 unspecified atom stereocenters. The Morgan fingerprint density at radius 1 is 1.67 bits per heavy atom. The summed E-state index contributed by atoms with van der Waals surface area (Å²) in [5.41, 5.74) is 4.91. The van der Waals surface area contributed by atoms with Crippen LogP contribution < -0.4 is 5.73 Å². The smallest absolute Gasteiger partial charge is 0.306 e. The van der Waals surface area contributed by atoms with E-state index in [2.05, 4.69) is 0 Å². The van der Waals surface area contributed by atoms with Gasteiger partial charge in [0.2, 0.25) is 0 Å². The fourth-order valence-corrected chi connectivity index (χ4v) is 0.285. The SMILES string of the molecule is Cl.NCC(O)CC(=O)O. The molecule has 0 saturated carbocycles. The number of aliphatic carboxylic acids is 1. The third kappa shape index (κ3) is 7.68. The third-order valence-corrected chi connectivity index (χ3v) is 0.682. The summed E-state index contributed by atoms with van der Waals surface area (Å²) in [5, 5.41) is 16.5. The van der Waals surface area contributed by atoms with E-state index in [1.54, 1.807) is 0 Å². The van der Waals surface area contributed by atoms with Gasteiger partial charge in [-0.2, -0.15) is 0 Å². The zero-order valence-electron chi connectivity index (χ0n) is 4.78. The van der Waals surface area contributed by atoms with E-state index in [-0.39, 0.29) is 25.4 Å². The molecule has 0 radical (unpaired) electrons. The molecule has 0 aromatic heterocycles. The number of carboxylic acid groups (broad SMARTS) is 1. The highest BCUT2D eigenvalue weighted by Crippen LogP contribution is 1.85. The molecule has 4 nitrogen and oxygen atoms in total. The Morgan fingerprint density at radius 2 is 2.11 bits per heavy atom. The molecular weight excluding hydrogens is 146 g/mol. The molecule has 0 aromatic carbocycles. The molecule has 0 bridgehead atoms. The van der Waals surface area contributed by atoms with Crippen LogP contribution in [0.3, 0.4) is 0 Å². The van der Waals surface area contributed by atoms with Crippen molar-refractivity contribution in [3.63, 3.8) is 0 Å². The fraction of sp³-hybridized carbons (Fsp3) is 0.750. The first-order chi connectivity index (χ1) is 3.66. The molecule has 0 amide bonds. The zero-order valence-corrected chi connectivity index (χ0v) is 5.60. The predicted octanol–water partition coefficient (Wildman–Crippen LogP) is -0.798. The summed E-state index contributed by atoms with van der Waals surface area (Å²) < 4.78 is 0. The largest absolute Gasteiger partial charge is 0.481 e. The maximum Gasteiger partial charge on any atom is 0.306 e. The molecule has 0 aliphatic carbocycles. The normalized spacial score (nSPS) is 11.8. The minimum atomic E-state index is -1.03. The summed E-state index contributed by atoms with van der Waals surface area (Å²) >= 11 is 0. The van der Waals surface area contributed by atoms with Crippen molar-refractivity contribution < 1.29 is 15.0 Å². The lowest BCUT2D eigenvalue weighted by Gasteiger charge is -2.00. The Bertz CT molecular complexity index is 87.9. The van der Waals surface area contributed by atoms with E-state index < -0.39 is 12.1 Å². The van der Waals surface area contributed by atoms with Crippen LogP contribution in [0.25, 0.3) is 0 Å². The molecular formula is C4H10ClNO3. The number of rotatable bonds is 3. The molecule has 0 saturated heterocycles. The lowest BCUT2D eigenvalue weighted by atomic mass is 10.3. The topological polar surface area (TPSA) is 83.5 Å². The molecule has 0 spiro atoms. The zero-order chi connectivity index (χ0) is 6.57. The van der Waals surface area contributed by atoms with E-state index in [1.165, 1.54) is 0 Å². The van der Waals surface area contributed by atoms with Crippen molar-refractivity contribution >= 4 is 18.4 Å². The fourth-order valence-electron chi connectivity index (χ4n) is 0.285. The third-order valence-electron chi connectivity index (χ3n) is 0.682. The van der Waals surface area contributed by atoms with Crippen LogP contribution in [0.15, 0.2) is 0 Å². The van der Waals surface area contributed by atoms with E-state index in [0.29, 0.717) is 0 Å². The second-order valence-electron chi connectivity index (χ2n) is 1.49. The maximum absolute atomic E-state index is 9.75. The quantitative estimate of drug-likeness (QED) is 0.499. The van der Waals surface area contributed by atoms with E-state index in [0.717, 1.165) is 0 Å². The van der Waals surface area contributed by atoms with Crippen molar-refractivity contribution in [2.45, 2.75) is 12.5 Å². The van der Waals surface area contributed by atoms with Gasteiger partial charge in [-0.15, -0.1) is 12.4 Å². The first-order valence-corrected chi connectivity index (χ1v) is 2.26. The molecule has 0 rings (SSSR count). The Kier molecular flexibility index (Phi) is 7.41. The van der Waals surface area contributed by atoms with Crippen molar-refractivity contribution in [1.82, 2.24) is 0 Å². The lowest BCUT2D eigenvalue weighted by molar-refractivity contribution is -0.139. The van der Waals surface area contributed by atoms with Crippen molar-refractivity contribution in [2.24, 2.45) is 5.73 Å². The number of carbonyl (C=O) groups is 1. The molecule has 56 valence electrons. The van der Waals surface area contributed by atoms with Gasteiger partial charge in [0, 0.05) is 6.54 Å². The Morgan fingerprint density at radius 3 is 2.22 bits per heavy atom. The second kappa shape index (κ2) is 5.81. The van der Waals surface area contributed by atoms with Crippen LogP contribution in [0.1, 0.15) is 6.42 Å². The predicted molar refractivity (Wildman–Crippen MR) is 34.6 cm³/mol. The van der Waals surface area contributed by atoms with Gasteiger partial charge in [0.25, 0.3) is 0 Å². The van der Waals surface area contributed by atoms with Crippen molar-refractivity contribution in [1.29, 1.82) is 0 Å². The van der Waals surface area contributed by atoms with Crippen LogP contribution in [0, 0.1) is 0 Å². The van der Waals surface area contributed by atoms with Gasteiger partial charge in [-0.1, -0.05) is 0 Å². The Balaban J connectivity index is 0. The molecule has 4 N–H and O–H groups in total. The molecule has 0 aromatic rings. The minimum absolute atomic E-state index is 0. The van der Waals surface area contributed by atoms with Crippen molar-refractivity contribution in [2.75, 3.05) is 6.54 Å². The number of hydrogen-bond donors (Lipinski definition) is 3.